The summed E-state index contributed by atoms with van der Waals surface area (Å²) < 4.78 is 0. The summed E-state index contributed by atoms with van der Waals surface area (Å²) in [5, 5.41) is 30.0. The average Bonchev–Trinajstić information content (AvgIpc) is 2.72. The van der Waals surface area contributed by atoms with Gasteiger partial charge in [-0.1, -0.05) is 41.4 Å². The molecule has 0 aliphatic carbocycles. The smallest absolute Gasteiger partial charge is 0.200 e. The number of hydrogen-bond donors (Lipinski definition) is 3. The zero-order valence-electron chi connectivity index (χ0n) is 15.6. The Morgan fingerprint density at radius 2 is 1.59 bits per heavy atom. The highest BCUT2D eigenvalue weighted by molar-refractivity contribution is 8.03. The van der Waals surface area contributed by atoms with Gasteiger partial charge in [0.05, 0.1) is 4.91 Å². The minimum absolute atomic E-state index is 0.231. The van der Waals surface area contributed by atoms with Crippen molar-refractivity contribution in [1.82, 2.24) is 0 Å². The minimum Gasteiger partial charge on any atom is -0.504 e. The van der Waals surface area contributed by atoms with Gasteiger partial charge in [0.2, 0.25) is 5.75 Å². The number of Topliss-reactive ketones (excluding diaryl/α,β-unsaturated/α-hetero) is 1. The van der Waals surface area contributed by atoms with E-state index < -0.39 is 17.2 Å². The standard InChI is InChI=1S/C23H19ClO4S/c1-14-2-4-15(5-3-14)13-29-20(21(26)16-6-9-18(24)10-7-16)12-17-8-11-19(25)23(28)22(17)27/h2-12,25,27-28H,13H2,1H3/b20-12+. The molecule has 0 unspecified atom stereocenters. The summed E-state index contributed by atoms with van der Waals surface area (Å²) >= 11 is 7.24. The Hall–Kier alpha value is -2.89. The van der Waals surface area contributed by atoms with E-state index in [0.29, 0.717) is 21.2 Å². The number of phenols is 3. The molecule has 0 saturated carbocycles. The predicted molar refractivity (Wildman–Crippen MR) is 118 cm³/mol. The summed E-state index contributed by atoms with van der Waals surface area (Å²) in [5.74, 6) is -1.22. The van der Waals surface area contributed by atoms with Crippen molar-refractivity contribution in [3.63, 3.8) is 0 Å². The number of allylic oxidation sites excluding steroid dienone is 1. The van der Waals surface area contributed by atoms with Gasteiger partial charge in [-0.2, -0.15) is 0 Å². The van der Waals surface area contributed by atoms with E-state index in [2.05, 4.69) is 0 Å². The highest BCUT2D eigenvalue weighted by atomic mass is 35.5. The minimum atomic E-state index is -0.624. The summed E-state index contributed by atoms with van der Waals surface area (Å²) in [4.78, 5) is 13.5. The highest BCUT2D eigenvalue weighted by Gasteiger charge is 2.16. The van der Waals surface area contributed by atoms with Crippen LogP contribution in [0.2, 0.25) is 5.02 Å². The number of thioether (sulfide) groups is 1. The first-order valence-electron chi connectivity index (χ1n) is 8.79. The summed E-state index contributed by atoms with van der Waals surface area (Å²) in [6.07, 6.45) is 1.50. The van der Waals surface area contributed by atoms with Gasteiger partial charge in [-0.05, 0) is 55.0 Å². The Labute approximate surface area is 178 Å². The molecule has 6 heteroatoms. The number of rotatable bonds is 6. The topological polar surface area (TPSA) is 77.8 Å². The molecule has 0 atom stereocenters. The number of halogens is 1. The van der Waals surface area contributed by atoms with Crippen LogP contribution in [0.3, 0.4) is 0 Å². The maximum absolute atomic E-state index is 13.1. The molecule has 3 N–H and O–H groups in total. The SMILES string of the molecule is Cc1ccc(CS/C(=C/c2ccc(O)c(O)c2O)C(=O)c2ccc(Cl)cc2)cc1. The van der Waals surface area contributed by atoms with Crippen LogP contribution in [0.5, 0.6) is 17.2 Å². The molecule has 0 aliphatic heterocycles. The second-order valence-electron chi connectivity index (χ2n) is 6.49. The maximum Gasteiger partial charge on any atom is 0.200 e. The molecule has 3 rings (SSSR count). The maximum atomic E-state index is 13.1. The lowest BCUT2D eigenvalue weighted by molar-refractivity contribution is 0.104. The summed E-state index contributed by atoms with van der Waals surface area (Å²) in [6.45, 7) is 2.01. The van der Waals surface area contributed by atoms with Crippen molar-refractivity contribution in [2.45, 2.75) is 12.7 Å². The summed E-state index contributed by atoms with van der Waals surface area (Å²) in [6, 6.07) is 17.3. The van der Waals surface area contributed by atoms with Gasteiger partial charge < -0.3 is 15.3 Å². The molecule has 0 aliphatic rings. The van der Waals surface area contributed by atoms with Crippen LogP contribution in [0.25, 0.3) is 6.08 Å². The van der Waals surface area contributed by atoms with Crippen molar-refractivity contribution in [1.29, 1.82) is 0 Å². The Kier molecular flexibility index (Phi) is 6.52. The molecule has 0 aromatic heterocycles. The lowest BCUT2D eigenvalue weighted by atomic mass is 10.1. The highest BCUT2D eigenvalue weighted by Crippen LogP contribution is 2.39. The monoisotopic (exact) mass is 426 g/mol. The first-order valence-corrected chi connectivity index (χ1v) is 10.2. The number of aryl methyl sites for hydroxylation is 1. The molecule has 0 heterocycles. The normalized spacial score (nSPS) is 11.4. The summed E-state index contributed by atoms with van der Waals surface area (Å²) in [5.41, 5.74) is 2.89. The van der Waals surface area contributed by atoms with Crippen molar-refractivity contribution in [2.24, 2.45) is 0 Å². The summed E-state index contributed by atoms with van der Waals surface area (Å²) in [7, 11) is 0. The van der Waals surface area contributed by atoms with Crippen LogP contribution < -0.4 is 0 Å². The Balaban J connectivity index is 1.96. The Morgan fingerprint density at radius 1 is 0.931 bits per heavy atom. The van der Waals surface area contributed by atoms with Crippen molar-refractivity contribution >= 4 is 35.2 Å². The zero-order valence-corrected chi connectivity index (χ0v) is 17.2. The molecule has 29 heavy (non-hydrogen) atoms. The van der Waals surface area contributed by atoms with Gasteiger partial charge in [0, 0.05) is 21.9 Å². The molecule has 0 spiro atoms. The van der Waals surface area contributed by atoms with Gasteiger partial charge >= 0.3 is 0 Å². The van der Waals surface area contributed by atoms with Crippen LogP contribution in [0.15, 0.2) is 65.6 Å². The molecule has 0 fully saturated rings. The number of phenolic OH excluding ortho intramolecular Hbond substituents is 3. The predicted octanol–water partition coefficient (Wildman–Crippen LogP) is 5.92. The second kappa shape index (κ2) is 9.07. The van der Waals surface area contributed by atoms with Crippen LogP contribution in [-0.4, -0.2) is 21.1 Å². The van der Waals surface area contributed by atoms with E-state index in [9.17, 15) is 20.1 Å². The van der Waals surface area contributed by atoms with Gasteiger partial charge in [-0.15, -0.1) is 11.8 Å². The van der Waals surface area contributed by atoms with Crippen LogP contribution in [0.4, 0.5) is 0 Å². The first-order chi connectivity index (χ1) is 13.8. The number of carbonyl (C=O) groups excluding carboxylic acids is 1. The molecule has 0 amide bonds. The van der Waals surface area contributed by atoms with E-state index >= 15 is 0 Å². The number of aromatic hydroxyl groups is 3. The van der Waals surface area contributed by atoms with E-state index in [-0.39, 0.29) is 11.3 Å². The van der Waals surface area contributed by atoms with Crippen LogP contribution >= 0.6 is 23.4 Å². The van der Waals surface area contributed by atoms with Gasteiger partial charge in [0.1, 0.15) is 0 Å². The number of ketones is 1. The van der Waals surface area contributed by atoms with E-state index in [1.54, 1.807) is 24.3 Å². The Bertz CT molecular complexity index is 1060. The van der Waals surface area contributed by atoms with E-state index in [1.807, 2.05) is 31.2 Å². The quantitative estimate of drug-likeness (QED) is 0.259. The first kappa shape index (κ1) is 20.8. The largest absolute Gasteiger partial charge is 0.504 e. The lowest BCUT2D eigenvalue weighted by Gasteiger charge is -2.10. The molecule has 148 valence electrons. The molecule has 3 aromatic carbocycles. The fraction of sp³-hybridized carbons (Fsp3) is 0.0870. The molecule has 0 radical (unpaired) electrons. The van der Waals surface area contributed by atoms with E-state index in [4.69, 9.17) is 11.6 Å². The lowest BCUT2D eigenvalue weighted by Crippen LogP contribution is -2.01. The third kappa shape index (κ3) is 5.13. The molecule has 0 bridgehead atoms. The fourth-order valence-electron chi connectivity index (χ4n) is 2.60. The van der Waals surface area contributed by atoms with Gasteiger partial charge in [-0.25, -0.2) is 0 Å². The van der Waals surface area contributed by atoms with E-state index in [1.165, 1.54) is 30.0 Å². The van der Waals surface area contributed by atoms with Crippen molar-refractivity contribution in [3.8, 4) is 17.2 Å². The van der Waals surface area contributed by atoms with E-state index in [0.717, 1.165) is 11.1 Å². The average molecular weight is 427 g/mol. The van der Waals surface area contributed by atoms with Gasteiger partial charge in [-0.3, -0.25) is 4.79 Å². The van der Waals surface area contributed by atoms with Crippen molar-refractivity contribution < 1.29 is 20.1 Å². The molecule has 0 saturated heterocycles. The molecular weight excluding hydrogens is 408 g/mol. The van der Waals surface area contributed by atoms with Crippen LogP contribution in [0, 0.1) is 6.92 Å². The fourth-order valence-corrected chi connectivity index (χ4v) is 3.70. The molecular formula is C23H19ClO4S. The molecule has 3 aromatic rings. The van der Waals surface area contributed by atoms with Gasteiger partial charge in [0.25, 0.3) is 0 Å². The second-order valence-corrected chi connectivity index (χ2v) is 7.94. The van der Waals surface area contributed by atoms with Crippen molar-refractivity contribution in [2.75, 3.05) is 0 Å². The van der Waals surface area contributed by atoms with Crippen LogP contribution in [0.1, 0.15) is 27.0 Å². The van der Waals surface area contributed by atoms with Crippen LogP contribution in [-0.2, 0) is 5.75 Å². The zero-order chi connectivity index (χ0) is 21.0. The number of carbonyl (C=O) groups is 1. The third-order valence-electron chi connectivity index (χ3n) is 4.29. The van der Waals surface area contributed by atoms with Gasteiger partial charge in [0.15, 0.2) is 17.3 Å². The third-order valence-corrected chi connectivity index (χ3v) is 5.64. The molecule has 4 nitrogen and oxygen atoms in total. The number of benzene rings is 3. The Morgan fingerprint density at radius 3 is 2.24 bits per heavy atom. The van der Waals surface area contributed by atoms with Crippen molar-refractivity contribution in [3.05, 3.63) is 92.8 Å². The number of hydrogen-bond acceptors (Lipinski definition) is 5.